The number of halogens is 1. The lowest BCUT2D eigenvalue weighted by Gasteiger charge is -2.33. The number of hydrogen-bond acceptors (Lipinski definition) is 2. The van der Waals surface area contributed by atoms with Crippen LogP contribution in [0.4, 0.5) is 10.1 Å². The van der Waals surface area contributed by atoms with Gasteiger partial charge in [0.05, 0.1) is 17.3 Å². The Morgan fingerprint density at radius 2 is 2.15 bits per heavy atom. The summed E-state index contributed by atoms with van der Waals surface area (Å²) in [5.74, 6) is -0.113. The van der Waals surface area contributed by atoms with Crippen molar-refractivity contribution < 1.29 is 9.18 Å². The van der Waals surface area contributed by atoms with Gasteiger partial charge in [-0.1, -0.05) is 23.8 Å². The Morgan fingerprint density at radius 3 is 2.90 bits per heavy atom. The molecule has 0 saturated carbocycles. The fraction of sp³-hybridized carbons (Fsp3) is 0.438. The Labute approximate surface area is 118 Å². The zero-order valence-corrected chi connectivity index (χ0v) is 11.4. The lowest BCUT2D eigenvalue weighted by molar-refractivity contribution is 0.0956. The fourth-order valence-electron chi connectivity index (χ4n) is 3.12. The molecule has 106 valence electrons. The quantitative estimate of drug-likeness (QED) is 0.664. The summed E-state index contributed by atoms with van der Waals surface area (Å²) in [4.78, 5) is 13.8. The number of amides is 1. The van der Waals surface area contributed by atoms with E-state index in [-0.39, 0.29) is 11.9 Å². The normalized spacial score (nSPS) is 22.6. The van der Waals surface area contributed by atoms with Crippen LogP contribution in [0.5, 0.6) is 0 Å². The molecule has 0 fully saturated rings. The van der Waals surface area contributed by atoms with Gasteiger partial charge in [-0.3, -0.25) is 4.79 Å². The third-order valence-electron chi connectivity index (χ3n) is 4.17. The number of para-hydroxylation sites is 1. The van der Waals surface area contributed by atoms with Crippen molar-refractivity contribution in [2.45, 2.75) is 31.7 Å². The predicted molar refractivity (Wildman–Crippen MR) is 77.6 cm³/mol. The third kappa shape index (κ3) is 2.30. The number of allylic oxidation sites excluding steroid dienone is 1. The van der Waals surface area contributed by atoms with Crippen molar-refractivity contribution in [1.29, 1.82) is 0 Å². The molecule has 0 spiro atoms. The van der Waals surface area contributed by atoms with Crippen molar-refractivity contribution in [2.75, 3.05) is 18.2 Å². The van der Waals surface area contributed by atoms with E-state index in [9.17, 15) is 9.18 Å². The topological polar surface area (TPSA) is 32.3 Å². The summed E-state index contributed by atoms with van der Waals surface area (Å²) in [6, 6.07) is 7.19. The molecule has 3 nitrogen and oxygen atoms in total. The fourth-order valence-corrected chi connectivity index (χ4v) is 3.12. The highest BCUT2D eigenvalue weighted by molar-refractivity contribution is 6.00. The largest absolute Gasteiger partial charge is 0.350 e. The van der Waals surface area contributed by atoms with Crippen molar-refractivity contribution in [3.05, 3.63) is 41.5 Å². The van der Waals surface area contributed by atoms with Crippen molar-refractivity contribution in [1.82, 2.24) is 5.32 Å². The van der Waals surface area contributed by atoms with Crippen LogP contribution in [0.1, 0.15) is 36.0 Å². The summed E-state index contributed by atoms with van der Waals surface area (Å²) in [6.45, 7) is -0.1000. The van der Waals surface area contributed by atoms with Crippen LogP contribution >= 0.6 is 0 Å². The Hall–Kier alpha value is -1.84. The Balaban J connectivity index is 2.01. The molecule has 1 aromatic rings. The molecule has 3 rings (SSSR count). The second-order valence-electron chi connectivity index (χ2n) is 5.36. The Morgan fingerprint density at radius 1 is 1.30 bits per heavy atom. The van der Waals surface area contributed by atoms with Gasteiger partial charge in [0.25, 0.3) is 5.91 Å². The van der Waals surface area contributed by atoms with E-state index in [0.717, 1.165) is 19.3 Å². The minimum absolute atomic E-state index is 0.0621. The summed E-state index contributed by atoms with van der Waals surface area (Å²) < 4.78 is 13.6. The predicted octanol–water partition coefficient (Wildman–Crippen LogP) is 3.03. The molecule has 0 saturated heterocycles. The molecule has 4 heteroatoms. The van der Waals surface area contributed by atoms with Crippen molar-refractivity contribution in [2.24, 2.45) is 0 Å². The molecule has 0 radical (unpaired) electrons. The van der Waals surface area contributed by atoms with Crippen LogP contribution in [0.2, 0.25) is 0 Å². The van der Waals surface area contributed by atoms with Gasteiger partial charge in [0.2, 0.25) is 0 Å². The van der Waals surface area contributed by atoms with Gasteiger partial charge in [0.1, 0.15) is 0 Å². The van der Waals surface area contributed by atoms with Crippen LogP contribution in [0.25, 0.3) is 0 Å². The smallest absolute Gasteiger partial charge is 0.253 e. The number of carbonyl (C=O) groups excluding carboxylic acids is 1. The lowest BCUT2D eigenvalue weighted by atomic mass is 9.93. The molecule has 1 aliphatic heterocycles. The number of nitrogens with one attached hydrogen (secondary N) is 1. The molecule has 1 amide bonds. The van der Waals surface area contributed by atoms with Gasteiger partial charge < -0.3 is 10.2 Å². The number of alkyl halides is 1. The van der Waals surface area contributed by atoms with Gasteiger partial charge in [-0.15, -0.1) is 0 Å². The van der Waals surface area contributed by atoms with E-state index in [1.807, 2.05) is 18.2 Å². The average molecular weight is 274 g/mol. The third-order valence-corrected chi connectivity index (χ3v) is 4.17. The minimum Gasteiger partial charge on any atom is -0.350 e. The second-order valence-corrected chi connectivity index (χ2v) is 5.36. The lowest BCUT2D eigenvalue weighted by Crippen LogP contribution is -2.42. The van der Waals surface area contributed by atoms with E-state index in [2.05, 4.69) is 11.4 Å². The van der Waals surface area contributed by atoms with E-state index in [4.69, 9.17) is 0 Å². The van der Waals surface area contributed by atoms with Crippen molar-refractivity contribution in [3.8, 4) is 0 Å². The van der Waals surface area contributed by atoms with Crippen LogP contribution < -0.4 is 10.2 Å². The summed E-state index contributed by atoms with van der Waals surface area (Å²) in [6.07, 6.45) is 6.63. The first-order valence-electron chi connectivity index (χ1n) is 7.20. The van der Waals surface area contributed by atoms with E-state index < -0.39 is 6.80 Å². The Kier molecular flexibility index (Phi) is 3.72. The first kappa shape index (κ1) is 13.2. The maximum atomic E-state index is 13.6. The van der Waals surface area contributed by atoms with Crippen LogP contribution in [-0.2, 0) is 0 Å². The van der Waals surface area contributed by atoms with Gasteiger partial charge in [-0.2, -0.15) is 0 Å². The molecule has 0 bridgehead atoms. The Bertz CT molecular complexity index is 541. The molecule has 1 atom stereocenters. The SMILES string of the molecule is O=C1NCC(C2=CCCCC2)N(CF)c2ccccc21. The molecule has 1 heterocycles. The highest BCUT2D eigenvalue weighted by atomic mass is 19.1. The summed E-state index contributed by atoms with van der Waals surface area (Å²) in [5.41, 5.74) is 2.51. The highest BCUT2D eigenvalue weighted by Crippen LogP contribution is 2.31. The molecule has 1 unspecified atom stereocenters. The van der Waals surface area contributed by atoms with E-state index >= 15 is 0 Å². The molecule has 1 aromatic carbocycles. The molecule has 1 aliphatic carbocycles. The highest BCUT2D eigenvalue weighted by Gasteiger charge is 2.30. The molecular formula is C16H19FN2O. The molecule has 2 aliphatic rings. The number of anilines is 1. The number of benzene rings is 1. The van der Waals surface area contributed by atoms with Gasteiger partial charge in [-0.25, -0.2) is 4.39 Å². The monoisotopic (exact) mass is 274 g/mol. The number of hydrogen-bond donors (Lipinski definition) is 1. The maximum Gasteiger partial charge on any atom is 0.253 e. The van der Waals surface area contributed by atoms with Crippen LogP contribution in [0.3, 0.4) is 0 Å². The molecule has 0 aromatic heterocycles. The summed E-state index contributed by atoms with van der Waals surface area (Å²) in [5, 5.41) is 2.92. The minimum atomic E-state index is -0.575. The first-order chi connectivity index (χ1) is 9.81. The number of rotatable bonds is 2. The average Bonchev–Trinajstić information content (AvgIpc) is 2.65. The van der Waals surface area contributed by atoms with Crippen LogP contribution in [0, 0.1) is 0 Å². The zero-order valence-electron chi connectivity index (χ0n) is 11.4. The van der Waals surface area contributed by atoms with E-state index in [1.54, 1.807) is 11.0 Å². The molecule has 1 N–H and O–H groups in total. The van der Waals surface area contributed by atoms with Crippen LogP contribution in [-0.4, -0.2) is 25.3 Å². The number of fused-ring (bicyclic) bond motifs is 1. The standard InChI is InChI=1S/C16H19FN2O/c17-11-19-14-9-5-4-8-13(14)16(20)18-10-15(19)12-6-2-1-3-7-12/h4-6,8-9,15H,1-3,7,10-11H2,(H,18,20). The summed E-state index contributed by atoms with van der Waals surface area (Å²) in [7, 11) is 0. The van der Waals surface area contributed by atoms with Crippen molar-refractivity contribution >= 4 is 11.6 Å². The van der Waals surface area contributed by atoms with Gasteiger partial charge >= 0.3 is 0 Å². The van der Waals surface area contributed by atoms with Gasteiger partial charge in [0.15, 0.2) is 6.80 Å². The van der Waals surface area contributed by atoms with Crippen LogP contribution in [0.15, 0.2) is 35.9 Å². The first-order valence-corrected chi connectivity index (χ1v) is 7.20. The summed E-state index contributed by atoms with van der Waals surface area (Å²) >= 11 is 0. The van der Waals surface area contributed by atoms with E-state index in [0.29, 0.717) is 17.8 Å². The molecular weight excluding hydrogens is 255 g/mol. The van der Waals surface area contributed by atoms with Crippen molar-refractivity contribution in [3.63, 3.8) is 0 Å². The zero-order chi connectivity index (χ0) is 13.9. The van der Waals surface area contributed by atoms with E-state index in [1.165, 1.54) is 12.0 Å². The second kappa shape index (κ2) is 5.65. The van der Waals surface area contributed by atoms with Gasteiger partial charge in [-0.05, 0) is 37.8 Å². The van der Waals surface area contributed by atoms with Gasteiger partial charge in [0, 0.05) is 6.54 Å². The number of carbonyl (C=O) groups is 1. The number of nitrogens with zero attached hydrogens (tertiary/aromatic N) is 1. The molecule has 20 heavy (non-hydrogen) atoms. The maximum absolute atomic E-state index is 13.6.